The van der Waals surface area contributed by atoms with Crippen molar-refractivity contribution in [2.24, 2.45) is 16.7 Å². The lowest BCUT2D eigenvalue weighted by Crippen LogP contribution is -2.39. The van der Waals surface area contributed by atoms with Crippen molar-refractivity contribution in [3.8, 4) is 0 Å². The molecule has 0 heterocycles. The van der Waals surface area contributed by atoms with Crippen LogP contribution in [0.4, 0.5) is 0 Å². The predicted molar refractivity (Wildman–Crippen MR) is 62.4 cm³/mol. The first-order chi connectivity index (χ1) is 6.21. The molecule has 2 N–H and O–H groups in total. The lowest BCUT2D eigenvalue weighted by Gasteiger charge is -2.31. The van der Waals surface area contributed by atoms with Gasteiger partial charge in [0.25, 0.3) is 0 Å². The average Bonchev–Trinajstić information content (AvgIpc) is 2.03. The maximum absolute atomic E-state index is 9.09. The largest absolute Gasteiger partial charge is 0.396 e. The number of nitrogens with one attached hydrogen (secondary N) is 1. The Morgan fingerprint density at radius 1 is 1.07 bits per heavy atom. The van der Waals surface area contributed by atoms with Crippen LogP contribution in [-0.4, -0.2) is 24.8 Å². The predicted octanol–water partition coefficient (Wildman–Crippen LogP) is 2.28. The highest BCUT2D eigenvalue weighted by Crippen LogP contribution is 2.25. The van der Waals surface area contributed by atoms with E-state index in [0.717, 1.165) is 13.1 Å². The van der Waals surface area contributed by atoms with E-state index in [1.54, 1.807) is 0 Å². The Bertz CT molecular complexity index is 162. The fourth-order valence-electron chi connectivity index (χ4n) is 0.983. The van der Waals surface area contributed by atoms with E-state index in [1.165, 1.54) is 0 Å². The summed E-state index contributed by atoms with van der Waals surface area (Å²) in [5.74, 6) is 0.673. The fourth-order valence-corrected chi connectivity index (χ4v) is 0.983. The normalized spacial score (nSPS) is 13.7. The molecule has 0 aromatic carbocycles. The van der Waals surface area contributed by atoms with Crippen LogP contribution in [0.3, 0.4) is 0 Å². The van der Waals surface area contributed by atoms with Crippen molar-refractivity contribution in [2.45, 2.75) is 41.5 Å². The van der Waals surface area contributed by atoms with Crippen LogP contribution in [-0.2, 0) is 0 Å². The van der Waals surface area contributed by atoms with Gasteiger partial charge in [-0.15, -0.1) is 0 Å². The molecule has 0 unspecified atom stereocenters. The molecule has 0 radical (unpaired) electrons. The number of aliphatic hydroxyl groups is 1. The van der Waals surface area contributed by atoms with Crippen LogP contribution in [0.25, 0.3) is 0 Å². The van der Waals surface area contributed by atoms with Crippen molar-refractivity contribution in [2.75, 3.05) is 19.7 Å². The molecule has 0 aromatic rings. The Kier molecular flexibility index (Phi) is 5.10. The molecular formula is C12H27NO. The smallest absolute Gasteiger partial charge is 0.0494 e. The summed E-state index contributed by atoms with van der Waals surface area (Å²) in [6.45, 7) is 15.3. The van der Waals surface area contributed by atoms with Crippen molar-refractivity contribution in [1.82, 2.24) is 5.32 Å². The van der Waals surface area contributed by atoms with Crippen LogP contribution in [0, 0.1) is 16.7 Å². The fraction of sp³-hybridized carbons (Fsp3) is 1.00. The molecule has 86 valence electrons. The topological polar surface area (TPSA) is 32.3 Å². The van der Waals surface area contributed by atoms with Gasteiger partial charge < -0.3 is 10.4 Å². The highest BCUT2D eigenvalue weighted by atomic mass is 16.3. The van der Waals surface area contributed by atoms with E-state index < -0.39 is 0 Å². The first kappa shape index (κ1) is 13.9. The van der Waals surface area contributed by atoms with E-state index in [2.05, 4.69) is 46.9 Å². The zero-order valence-corrected chi connectivity index (χ0v) is 10.6. The molecule has 0 saturated heterocycles. The second kappa shape index (κ2) is 5.13. The molecule has 0 amide bonds. The molecular weight excluding hydrogens is 174 g/mol. The molecule has 2 heteroatoms. The van der Waals surface area contributed by atoms with Gasteiger partial charge in [-0.1, -0.05) is 41.5 Å². The Morgan fingerprint density at radius 3 is 1.93 bits per heavy atom. The van der Waals surface area contributed by atoms with Crippen LogP contribution in [0.1, 0.15) is 41.5 Å². The van der Waals surface area contributed by atoms with Crippen LogP contribution in [0.5, 0.6) is 0 Å². The highest BCUT2D eigenvalue weighted by molar-refractivity contribution is 4.77. The van der Waals surface area contributed by atoms with Gasteiger partial charge in [-0.3, -0.25) is 0 Å². The minimum Gasteiger partial charge on any atom is -0.396 e. The molecule has 0 rings (SSSR count). The lowest BCUT2D eigenvalue weighted by molar-refractivity contribution is 0.146. The average molecular weight is 201 g/mol. The van der Waals surface area contributed by atoms with Gasteiger partial charge in [-0.2, -0.15) is 0 Å². The number of hydrogen-bond acceptors (Lipinski definition) is 2. The van der Waals surface area contributed by atoms with Crippen LogP contribution >= 0.6 is 0 Å². The van der Waals surface area contributed by atoms with Crippen molar-refractivity contribution >= 4 is 0 Å². The van der Waals surface area contributed by atoms with E-state index >= 15 is 0 Å². The summed E-state index contributed by atoms with van der Waals surface area (Å²) >= 11 is 0. The van der Waals surface area contributed by atoms with E-state index in [0.29, 0.717) is 11.3 Å². The first-order valence-electron chi connectivity index (χ1n) is 5.53. The molecule has 0 spiro atoms. The zero-order chi connectivity index (χ0) is 11.4. The number of hydrogen-bond donors (Lipinski definition) is 2. The van der Waals surface area contributed by atoms with E-state index in [4.69, 9.17) is 5.11 Å². The third kappa shape index (κ3) is 4.97. The maximum atomic E-state index is 9.09. The van der Waals surface area contributed by atoms with Crippen LogP contribution < -0.4 is 5.32 Å². The Hall–Kier alpha value is -0.0800. The summed E-state index contributed by atoms with van der Waals surface area (Å²) in [7, 11) is 0. The third-order valence-electron chi connectivity index (χ3n) is 3.18. The van der Waals surface area contributed by atoms with E-state index in [1.807, 2.05) is 0 Å². The van der Waals surface area contributed by atoms with Gasteiger partial charge in [0, 0.05) is 25.1 Å². The van der Waals surface area contributed by atoms with Crippen molar-refractivity contribution < 1.29 is 5.11 Å². The SMILES string of the molecule is CC(C)C(C)(C)CNCC(C)(C)CO. The van der Waals surface area contributed by atoms with Crippen molar-refractivity contribution in [3.63, 3.8) is 0 Å². The molecule has 2 nitrogen and oxygen atoms in total. The Balaban J connectivity index is 3.85. The summed E-state index contributed by atoms with van der Waals surface area (Å²) in [6, 6.07) is 0. The number of aliphatic hydroxyl groups excluding tert-OH is 1. The molecule has 0 aliphatic carbocycles. The van der Waals surface area contributed by atoms with Gasteiger partial charge in [0.15, 0.2) is 0 Å². The summed E-state index contributed by atoms with van der Waals surface area (Å²) in [6.07, 6.45) is 0. The Morgan fingerprint density at radius 2 is 1.57 bits per heavy atom. The first-order valence-corrected chi connectivity index (χ1v) is 5.53. The molecule has 0 fully saturated rings. The van der Waals surface area contributed by atoms with Gasteiger partial charge in [0.2, 0.25) is 0 Å². The second-order valence-corrected chi connectivity index (χ2v) is 6.07. The maximum Gasteiger partial charge on any atom is 0.0494 e. The summed E-state index contributed by atoms with van der Waals surface area (Å²) in [5, 5.41) is 12.5. The van der Waals surface area contributed by atoms with Crippen molar-refractivity contribution in [3.05, 3.63) is 0 Å². The minimum absolute atomic E-state index is 0.00689. The van der Waals surface area contributed by atoms with Gasteiger partial charge in [-0.05, 0) is 11.3 Å². The molecule has 14 heavy (non-hydrogen) atoms. The second-order valence-electron chi connectivity index (χ2n) is 6.07. The van der Waals surface area contributed by atoms with Gasteiger partial charge in [0.05, 0.1) is 0 Å². The summed E-state index contributed by atoms with van der Waals surface area (Å²) < 4.78 is 0. The van der Waals surface area contributed by atoms with Crippen LogP contribution in [0.15, 0.2) is 0 Å². The third-order valence-corrected chi connectivity index (χ3v) is 3.18. The molecule has 0 saturated carbocycles. The van der Waals surface area contributed by atoms with Gasteiger partial charge in [-0.25, -0.2) is 0 Å². The summed E-state index contributed by atoms with van der Waals surface area (Å²) in [5.41, 5.74) is 0.318. The highest BCUT2D eigenvalue weighted by Gasteiger charge is 2.23. The minimum atomic E-state index is -0.00689. The monoisotopic (exact) mass is 201 g/mol. The molecule has 0 bridgehead atoms. The standard InChI is InChI=1S/C12H27NO/c1-10(2)12(5,6)8-13-7-11(3,4)9-14/h10,13-14H,7-9H2,1-6H3. The molecule has 0 aromatic heterocycles. The molecule has 0 atom stereocenters. The van der Waals surface area contributed by atoms with E-state index in [-0.39, 0.29) is 12.0 Å². The quantitative estimate of drug-likeness (QED) is 0.691. The lowest BCUT2D eigenvalue weighted by atomic mass is 9.81. The van der Waals surface area contributed by atoms with Crippen molar-refractivity contribution in [1.29, 1.82) is 0 Å². The molecule has 0 aliphatic heterocycles. The number of rotatable bonds is 6. The van der Waals surface area contributed by atoms with Gasteiger partial charge >= 0.3 is 0 Å². The van der Waals surface area contributed by atoms with Crippen LogP contribution in [0.2, 0.25) is 0 Å². The zero-order valence-electron chi connectivity index (χ0n) is 10.6. The van der Waals surface area contributed by atoms with Gasteiger partial charge in [0.1, 0.15) is 0 Å². The summed E-state index contributed by atoms with van der Waals surface area (Å²) in [4.78, 5) is 0. The Labute approximate surface area is 89.1 Å². The molecule has 0 aliphatic rings. The van der Waals surface area contributed by atoms with E-state index in [9.17, 15) is 0 Å².